The van der Waals surface area contributed by atoms with Gasteiger partial charge in [-0.1, -0.05) is 12.1 Å². The number of fused-ring (bicyclic) bond motifs is 1. The summed E-state index contributed by atoms with van der Waals surface area (Å²) in [5, 5.41) is 12.7. The number of carbonyl (C=O) groups is 1. The first-order valence-electron chi connectivity index (χ1n) is 6.89. The fourth-order valence-electron chi connectivity index (χ4n) is 2.16. The van der Waals surface area contributed by atoms with Gasteiger partial charge in [0.15, 0.2) is 5.65 Å². The van der Waals surface area contributed by atoms with E-state index in [1.54, 1.807) is 25.3 Å². The topological polar surface area (TPSA) is 97.2 Å². The zero-order valence-electron chi connectivity index (χ0n) is 12.4. The van der Waals surface area contributed by atoms with Gasteiger partial charge in [-0.2, -0.15) is 4.98 Å². The third-order valence-electron chi connectivity index (χ3n) is 3.25. The van der Waals surface area contributed by atoms with Crippen LogP contribution in [0.2, 0.25) is 0 Å². The van der Waals surface area contributed by atoms with Gasteiger partial charge < -0.3 is 15.2 Å². The minimum atomic E-state index is -0.854. The molecule has 2 aromatic heterocycles. The molecule has 0 aliphatic carbocycles. The van der Waals surface area contributed by atoms with Crippen molar-refractivity contribution in [1.29, 1.82) is 0 Å². The average molecular weight is 310 g/mol. The summed E-state index contributed by atoms with van der Waals surface area (Å²) in [5.41, 5.74) is 2.07. The van der Waals surface area contributed by atoms with Crippen LogP contribution in [0.25, 0.3) is 11.0 Å². The Morgan fingerprint density at radius 3 is 2.65 bits per heavy atom. The number of nitrogens with one attached hydrogen (secondary N) is 1. The van der Waals surface area contributed by atoms with Crippen molar-refractivity contribution in [3.63, 3.8) is 0 Å². The number of carboxylic acids is 1. The molecule has 0 fully saturated rings. The number of aliphatic carboxylic acids is 1. The van der Waals surface area contributed by atoms with Crippen molar-refractivity contribution in [2.24, 2.45) is 0 Å². The summed E-state index contributed by atoms with van der Waals surface area (Å²) in [6, 6.07) is 10.7. The van der Waals surface area contributed by atoms with Crippen LogP contribution in [0.3, 0.4) is 0 Å². The summed E-state index contributed by atoms with van der Waals surface area (Å²) in [6.45, 7) is 0. The van der Waals surface area contributed by atoms with Crippen LogP contribution < -0.4 is 10.1 Å². The lowest BCUT2D eigenvalue weighted by molar-refractivity contribution is -0.136. The van der Waals surface area contributed by atoms with E-state index in [0.29, 0.717) is 17.3 Å². The Morgan fingerprint density at radius 1 is 1.17 bits per heavy atom. The van der Waals surface area contributed by atoms with Gasteiger partial charge in [0.25, 0.3) is 0 Å². The average Bonchev–Trinajstić information content (AvgIpc) is 2.56. The highest BCUT2D eigenvalue weighted by Crippen LogP contribution is 2.23. The molecule has 7 heteroatoms. The second-order valence-corrected chi connectivity index (χ2v) is 4.84. The highest BCUT2D eigenvalue weighted by Gasteiger charge is 2.07. The van der Waals surface area contributed by atoms with Crippen molar-refractivity contribution in [3.8, 4) is 5.88 Å². The van der Waals surface area contributed by atoms with E-state index in [1.165, 1.54) is 6.33 Å². The van der Waals surface area contributed by atoms with Gasteiger partial charge in [-0.05, 0) is 23.8 Å². The van der Waals surface area contributed by atoms with Gasteiger partial charge in [0.05, 0.1) is 18.9 Å². The molecule has 1 aromatic carbocycles. The van der Waals surface area contributed by atoms with Crippen LogP contribution in [-0.4, -0.2) is 33.1 Å². The van der Waals surface area contributed by atoms with Crippen molar-refractivity contribution < 1.29 is 14.6 Å². The van der Waals surface area contributed by atoms with Crippen LogP contribution in [0.1, 0.15) is 5.56 Å². The third-order valence-corrected chi connectivity index (χ3v) is 3.25. The molecule has 2 heterocycles. The molecule has 0 amide bonds. The summed E-state index contributed by atoms with van der Waals surface area (Å²) in [7, 11) is 1.55. The second-order valence-electron chi connectivity index (χ2n) is 4.84. The molecule has 0 atom stereocenters. The van der Waals surface area contributed by atoms with Gasteiger partial charge in [0.2, 0.25) is 5.88 Å². The van der Waals surface area contributed by atoms with E-state index in [4.69, 9.17) is 9.84 Å². The molecule has 3 aromatic rings. The first kappa shape index (κ1) is 14.7. The van der Waals surface area contributed by atoms with Crippen LogP contribution in [0.4, 0.5) is 11.5 Å². The molecule has 0 spiro atoms. The number of methoxy groups -OCH3 is 1. The number of benzene rings is 1. The number of hydrogen-bond acceptors (Lipinski definition) is 6. The SMILES string of the molecule is COc1ccc2c(Nc3ccc(CC(=O)O)cc3)ncnc2n1. The first-order valence-corrected chi connectivity index (χ1v) is 6.89. The van der Waals surface area contributed by atoms with E-state index < -0.39 is 5.97 Å². The second kappa shape index (κ2) is 6.27. The number of hydrogen-bond donors (Lipinski definition) is 2. The summed E-state index contributed by atoms with van der Waals surface area (Å²) < 4.78 is 5.09. The van der Waals surface area contributed by atoms with Crippen LogP contribution in [-0.2, 0) is 11.2 Å². The molecule has 0 saturated heterocycles. The number of ether oxygens (including phenoxy) is 1. The number of nitrogens with zero attached hydrogens (tertiary/aromatic N) is 3. The van der Waals surface area contributed by atoms with Gasteiger partial charge in [-0.15, -0.1) is 0 Å². The first-order chi connectivity index (χ1) is 11.2. The minimum Gasteiger partial charge on any atom is -0.481 e. The molecule has 0 aliphatic rings. The predicted octanol–water partition coefficient (Wildman–Crippen LogP) is 2.40. The highest BCUT2D eigenvalue weighted by atomic mass is 16.5. The van der Waals surface area contributed by atoms with Crippen molar-refractivity contribution in [3.05, 3.63) is 48.3 Å². The van der Waals surface area contributed by atoms with Gasteiger partial charge in [0, 0.05) is 11.8 Å². The molecule has 2 N–H and O–H groups in total. The Kier molecular flexibility index (Phi) is 4.01. The standard InChI is InChI=1S/C16H14N4O3/c1-23-13-7-6-12-15(17-9-18-16(12)20-13)19-11-4-2-10(3-5-11)8-14(21)22/h2-7,9H,8H2,1H3,(H,21,22)(H,17,18,19,20). The maximum atomic E-state index is 10.7. The Morgan fingerprint density at radius 2 is 1.96 bits per heavy atom. The predicted molar refractivity (Wildman–Crippen MR) is 84.9 cm³/mol. The molecule has 0 unspecified atom stereocenters. The lowest BCUT2D eigenvalue weighted by atomic mass is 10.1. The van der Waals surface area contributed by atoms with Crippen LogP contribution >= 0.6 is 0 Å². The summed E-state index contributed by atoms with van der Waals surface area (Å²) in [6.07, 6.45) is 1.43. The molecule has 0 saturated carbocycles. The maximum absolute atomic E-state index is 10.7. The smallest absolute Gasteiger partial charge is 0.307 e. The Hall–Kier alpha value is -3.22. The summed E-state index contributed by atoms with van der Waals surface area (Å²) in [4.78, 5) is 23.3. The Balaban J connectivity index is 1.87. The molecule has 3 rings (SSSR count). The molecule has 0 bridgehead atoms. The molecule has 0 aliphatic heterocycles. The number of aromatic nitrogens is 3. The zero-order chi connectivity index (χ0) is 16.2. The largest absolute Gasteiger partial charge is 0.481 e. The normalized spacial score (nSPS) is 10.5. The van der Waals surface area contributed by atoms with Crippen molar-refractivity contribution >= 4 is 28.5 Å². The molecule has 116 valence electrons. The maximum Gasteiger partial charge on any atom is 0.307 e. The van der Waals surface area contributed by atoms with Crippen molar-refractivity contribution in [1.82, 2.24) is 15.0 Å². The number of pyridine rings is 1. The van der Waals surface area contributed by atoms with Gasteiger partial charge in [-0.3, -0.25) is 4.79 Å². The molecule has 23 heavy (non-hydrogen) atoms. The fourth-order valence-corrected chi connectivity index (χ4v) is 2.16. The van der Waals surface area contributed by atoms with E-state index in [0.717, 1.165) is 16.6 Å². The van der Waals surface area contributed by atoms with Gasteiger partial charge >= 0.3 is 5.97 Å². The minimum absolute atomic E-state index is 0.000429. The van der Waals surface area contributed by atoms with Crippen molar-refractivity contribution in [2.45, 2.75) is 6.42 Å². The quantitative estimate of drug-likeness (QED) is 0.746. The molecular formula is C16H14N4O3. The fraction of sp³-hybridized carbons (Fsp3) is 0.125. The lowest BCUT2D eigenvalue weighted by Gasteiger charge is -2.09. The van der Waals surface area contributed by atoms with Gasteiger partial charge in [0.1, 0.15) is 12.1 Å². The molecule has 0 radical (unpaired) electrons. The van der Waals surface area contributed by atoms with Crippen molar-refractivity contribution in [2.75, 3.05) is 12.4 Å². The van der Waals surface area contributed by atoms with E-state index >= 15 is 0 Å². The van der Waals surface area contributed by atoms with Crippen LogP contribution in [0.15, 0.2) is 42.7 Å². The van der Waals surface area contributed by atoms with E-state index in [-0.39, 0.29) is 6.42 Å². The number of carboxylic acid groups (broad SMARTS) is 1. The van der Waals surface area contributed by atoms with Crippen LogP contribution in [0, 0.1) is 0 Å². The van der Waals surface area contributed by atoms with Gasteiger partial charge in [-0.25, -0.2) is 9.97 Å². The molecule has 7 nitrogen and oxygen atoms in total. The number of anilines is 2. The molecular weight excluding hydrogens is 296 g/mol. The monoisotopic (exact) mass is 310 g/mol. The Bertz CT molecular complexity index is 850. The number of rotatable bonds is 5. The summed E-state index contributed by atoms with van der Waals surface area (Å²) in [5.74, 6) is 0.254. The lowest BCUT2D eigenvalue weighted by Crippen LogP contribution is -2.01. The zero-order valence-corrected chi connectivity index (χ0v) is 12.4. The Labute approximate surface area is 132 Å². The summed E-state index contributed by atoms with van der Waals surface area (Å²) >= 11 is 0. The third kappa shape index (κ3) is 3.34. The highest BCUT2D eigenvalue weighted by molar-refractivity contribution is 5.88. The van der Waals surface area contributed by atoms with E-state index in [9.17, 15) is 4.79 Å². The van der Waals surface area contributed by atoms with E-state index in [2.05, 4.69) is 20.3 Å². The van der Waals surface area contributed by atoms with E-state index in [1.807, 2.05) is 18.2 Å². The van der Waals surface area contributed by atoms with Crippen LogP contribution in [0.5, 0.6) is 5.88 Å².